The van der Waals surface area contributed by atoms with Gasteiger partial charge in [0.15, 0.2) is 5.76 Å². The van der Waals surface area contributed by atoms with Crippen LogP contribution in [0.4, 0.5) is 13.2 Å². The van der Waals surface area contributed by atoms with E-state index in [2.05, 4.69) is 45.7 Å². The van der Waals surface area contributed by atoms with Crippen molar-refractivity contribution in [2.75, 3.05) is 0 Å². The number of ether oxygens (including phenoxy) is 1. The molecule has 0 saturated heterocycles. The minimum absolute atomic E-state index is 0.0652. The van der Waals surface area contributed by atoms with Crippen LogP contribution in [0.25, 0.3) is 5.76 Å². The first-order valence-corrected chi connectivity index (χ1v) is 17.2. The molecule has 1 unspecified atom stereocenters. The zero-order valence-electron chi connectivity index (χ0n) is 27.5. The molecule has 1 aliphatic heterocycles. The maximum absolute atomic E-state index is 13.5. The standard InChI is InChI=1S/C38H48F3N3O/c1-6-24(5)32-30(22-42)34(26-16-12-9-13-17-26)44-36(32)37(45-28-20-18-27(19-21-28)38(39,40)41)35-31(23(3)4)29(7-2)33(43-35)25-14-10-8-11-15-25/h18-21,23-26,44H,6-17H2,1-5H3. The Morgan fingerprint density at radius 2 is 1.56 bits per heavy atom. The number of H-pyrrole nitrogens is 1. The lowest BCUT2D eigenvalue weighted by Gasteiger charge is -2.23. The summed E-state index contributed by atoms with van der Waals surface area (Å²) in [6, 6.07) is 7.48. The molecule has 3 aliphatic rings. The van der Waals surface area contributed by atoms with Crippen molar-refractivity contribution in [1.29, 1.82) is 5.26 Å². The molecule has 2 saturated carbocycles. The largest absolute Gasteiger partial charge is 0.453 e. The van der Waals surface area contributed by atoms with E-state index in [4.69, 9.17) is 9.73 Å². The Balaban J connectivity index is 1.78. The van der Waals surface area contributed by atoms with E-state index in [9.17, 15) is 18.4 Å². The highest BCUT2D eigenvalue weighted by Crippen LogP contribution is 2.46. The number of nitrogens with one attached hydrogen (secondary N) is 1. The lowest BCUT2D eigenvalue weighted by molar-refractivity contribution is -0.137. The molecule has 2 aliphatic carbocycles. The zero-order chi connectivity index (χ0) is 32.3. The minimum atomic E-state index is -4.44. The highest BCUT2D eigenvalue weighted by Gasteiger charge is 2.36. The molecule has 0 radical (unpaired) electrons. The van der Waals surface area contributed by atoms with Gasteiger partial charge in [-0.15, -0.1) is 0 Å². The molecule has 2 fully saturated rings. The number of allylic oxidation sites excluding steroid dienone is 2. The molecule has 2 aromatic rings. The van der Waals surface area contributed by atoms with E-state index < -0.39 is 11.7 Å². The first-order chi connectivity index (χ1) is 21.6. The summed E-state index contributed by atoms with van der Waals surface area (Å²) < 4.78 is 47.1. The Bertz CT molecular complexity index is 1490. The number of alkyl halides is 3. The van der Waals surface area contributed by atoms with Crippen molar-refractivity contribution >= 4 is 11.5 Å². The third kappa shape index (κ3) is 6.81. The summed E-state index contributed by atoms with van der Waals surface area (Å²) in [5.41, 5.74) is 6.94. The molecule has 1 aromatic heterocycles. The number of hydrogen-bond donors (Lipinski definition) is 1. The number of nitrogens with zero attached hydrogens (tertiary/aromatic N) is 2. The Labute approximate surface area is 266 Å². The molecule has 1 atom stereocenters. The monoisotopic (exact) mass is 619 g/mol. The van der Waals surface area contributed by atoms with Gasteiger partial charge in [0.05, 0.1) is 16.8 Å². The highest BCUT2D eigenvalue weighted by molar-refractivity contribution is 6.07. The number of benzene rings is 1. The molecule has 4 nitrogen and oxygen atoms in total. The van der Waals surface area contributed by atoms with Gasteiger partial charge in [0, 0.05) is 28.8 Å². The Morgan fingerprint density at radius 1 is 0.956 bits per heavy atom. The van der Waals surface area contributed by atoms with Gasteiger partial charge in [0.1, 0.15) is 17.5 Å². The van der Waals surface area contributed by atoms with Crippen molar-refractivity contribution < 1.29 is 17.9 Å². The van der Waals surface area contributed by atoms with Crippen molar-refractivity contribution in [3.63, 3.8) is 0 Å². The fourth-order valence-electron chi connectivity index (χ4n) is 7.69. The van der Waals surface area contributed by atoms with Gasteiger partial charge in [-0.1, -0.05) is 73.1 Å². The van der Waals surface area contributed by atoms with E-state index in [0.29, 0.717) is 23.0 Å². The summed E-state index contributed by atoms with van der Waals surface area (Å²) >= 11 is 0. The van der Waals surface area contributed by atoms with E-state index in [0.717, 1.165) is 97.4 Å². The van der Waals surface area contributed by atoms with Gasteiger partial charge in [-0.25, -0.2) is 4.99 Å². The van der Waals surface area contributed by atoms with Crippen LogP contribution in [0.5, 0.6) is 5.75 Å². The first kappa shape index (κ1) is 33.1. The fraction of sp³-hybridized carbons (Fsp3) is 0.579. The smallest absolute Gasteiger partial charge is 0.416 e. The van der Waals surface area contributed by atoms with Gasteiger partial charge in [0.25, 0.3) is 0 Å². The van der Waals surface area contributed by atoms with Crippen LogP contribution in [0.1, 0.15) is 152 Å². The van der Waals surface area contributed by atoms with Crippen LogP contribution in [0.2, 0.25) is 0 Å². The molecule has 0 bridgehead atoms. The molecule has 1 N–H and O–H groups in total. The first-order valence-electron chi connectivity index (χ1n) is 17.2. The summed E-state index contributed by atoms with van der Waals surface area (Å²) in [7, 11) is 0. The van der Waals surface area contributed by atoms with Gasteiger partial charge >= 0.3 is 6.18 Å². The molecule has 1 aromatic carbocycles. The zero-order valence-corrected chi connectivity index (χ0v) is 27.5. The maximum Gasteiger partial charge on any atom is 0.416 e. The van der Waals surface area contributed by atoms with Crippen LogP contribution >= 0.6 is 0 Å². The summed E-state index contributed by atoms with van der Waals surface area (Å²) in [6.45, 7) is 10.8. The molecule has 242 valence electrons. The van der Waals surface area contributed by atoms with Crippen molar-refractivity contribution in [3.8, 4) is 11.8 Å². The van der Waals surface area contributed by atoms with Crippen LogP contribution in [0, 0.1) is 23.2 Å². The average molecular weight is 620 g/mol. The molecular weight excluding hydrogens is 571 g/mol. The van der Waals surface area contributed by atoms with E-state index in [1.54, 1.807) is 0 Å². The third-order valence-corrected chi connectivity index (χ3v) is 10.2. The van der Waals surface area contributed by atoms with Gasteiger partial charge in [-0.05, 0) is 85.8 Å². The number of aliphatic imine (C=N–C) groups is 1. The normalized spacial score (nSPS) is 20.4. The van der Waals surface area contributed by atoms with Gasteiger partial charge in [-0.3, -0.25) is 0 Å². The second-order valence-electron chi connectivity index (χ2n) is 13.5. The Morgan fingerprint density at radius 3 is 2.07 bits per heavy atom. The molecule has 0 spiro atoms. The van der Waals surface area contributed by atoms with E-state index in [1.807, 2.05) is 0 Å². The topological polar surface area (TPSA) is 61.2 Å². The van der Waals surface area contributed by atoms with Crippen molar-refractivity contribution in [2.24, 2.45) is 16.8 Å². The van der Waals surface area contributed by atoms with E-state index in [1.165, 1.54) is 43.4 Å². The second kappa shape index (κ2) is 14.0. The summed E-state index contributed by atoms with van der Waals surface area (Å²) in [5.74, 6) is 1.70. The summed E-state index contributed by atoms with van der Waals surface area (Å²) in [5, 5.41) is 10.6. The predicted octanol–water partition coefficient (Wildman–Crippen LogP) is 11.6. The number of aromatic nitrogens is 1. The van der Waals surface area contributed by atoms with E-state index >= 15 is 0 Å². The number of aromatic amines is 1. The highest BCUT2D eigenvalue weighted by atomic mass is 19.4. The van der Waals surface area contributed by atoms with Crippen molar-refractivity contribution in [1.82, 2.24) is 4.98 Å². The van der Waals surface area contributed by atoms with Crippen LogP contribution in [0.15, 0.2) is 46.1 Å². The predicted molar refractivity (Wildman–Crippen MR) is 175 cm³/mol. The molecular formula is C38H48F3N3O. The van der Waals surface area contributed by atoms with Crippen LogP contribution < -0.4 is 4.74 Å². The summed E-state index contributed by atoms with van der Waals surface area (Å²) in [4.78, 5) is 9.14. The van der Waals surface area contributed by atoms with Gasteiger partial charge in [0.2, 0.25) is 0 Å². The molecule has 0 amide bonds. The molecule has 45 heavy (non-hydrogen) atoms. The third-order valence-electron chi connectivity index (χ3n) is 10.2. The molecule has 5 rings (SSSR count). The quantitative estimate of drug-likeness (QED) is 0.284. The number of halogens is 3. The lowest BCUT2D eigenvalue weighted by atomic mass is 9.81. The van der Waals surface area contributed by atoms with Gasteiger partial charge in [-0.2, -0.15) is 18.4 Å². The average Bonchev–Trinajstić information content (AvgIpc) is 3.63. The van der Waals surface area contributed by atoms with E-state index in [-0.39, 0.29) is 17.8 Å². The van der Waals surface area contributed by atoms with Crippen LogP contribution in [-0.4, -0.2) is 10.7 Å². The Kier molecular flexibility index (Phi) is 10.3. The van der Waals surface area contributed by atoms with Crippen LogP contribution in [0.3, 0.4) is 0 Å². The fourth-order valence-corrected chi connectivity index (χ4v) is 7.69. The SMILES string of the molecule is CCC1=C(C(C)C)C(=C(Oc2ccc(C(F)(F)F)cc2)c2[nH]c(C3CCCCC3)c(C#N)c2C(C)CC)N=C1C1CCCCC1. The number of hydrogen-bond acceptors (Lipinski definition) is 3. The second-order valence-corrected chi connectivity index (χ2v) is 13.5. The van der Waals surface area contributed by atoms with Crippen LogP contribution in [-0.2, 0) is 6.18 Å². The molecule has 7 heteroatoms. The van der Waals surface area contributed by atoms with Gasteiger partial charge < -0.3 is 9.72 Å². The Hall–Kier alpha value is -3.27. The number of nitriles is 1. The van der Waals surface area contributed by atoms with Crippen molar-refractivity contribution in [2.45, 2.75) is 130 Å². The molecule has 2 heterocycles. The number of rotatable bonds is 9. The minimum Gasteiger partial charge on any atom is -0.453 e. The maximum atomic E-state index is 13.5. The lowest BCUT2D eigenvalue weighted by Crippen LogP contribution is -2.18. The van der Waals surface area contributed by atoms with Crippen molar-refractivity contribution in [3.05, 3.63) is 69.2 Å². The summed E-state index contributed by atoms with van der Waals surface area (Å²) in [6.07, 6.45) is 8.62.